The van der Waals surface area contributed by atoms with Gasteiger partial charge in [0.25, 0.3) is 10.0 Å². The van der Waals surface area contributed by atoms with Crippen molar-refractivity contribution in [3.8, 4) is 0 Å². The van der Waals surface area contributed by atoms with Crippen molar-refractivity contribution in [3.05, 3.63) is 47.8 Å². The van der Waals surface area contributed by atoms with Gasteiger partial charge in [0.05, 0.1) is 5.69 Å². The number of hydrogen-bond donors (Lipinski definition) is 2. The normalized spacial score (nSPS) is 11.6. The van der Waals surface area contributed by atoms with Gasteiger partial charge in [-0.05, 0) is 25.1 Å². The number of hydrogen-bond acceptors (Lipinski definition) is 3. The molecule has 0 saturated carbocycles. The molecule has 8 heteroatoms. The van der Waals surface area contributed by atoms with E-state index in [0.29, 0.717) is 12.2 Å². The third-order valence-electron chi connectivity index (χ3n) is 2.99. The maximum Gasteiger partial charge on any atom is 0.263 e. The van der Waals surface area contributed by atoms with Crippen LogP contribution < -0.4 is 10.5 Å². The van der Waals surface area contributed by atoms with Crippen LogP contribution in [0.5, 0.6) is 0 Å². The lowest BCUT2D eigenvalue weighted by atomic mass is 10.3. The molecule has 0 unspecified atom stereocenters. The van der Waals surface area contributed by atoms with E-state index in [1.165, 1.54) is 12.3 Å². The van der Waals surface area contributed by atoms with Gasteiger partial charge in [-0.3, -0.25) is 4.72 Å². The molecule has 114 valence electrons. The number of rotatable bonds is 5. The van der Waals surface area contributed by atoms with Crippen LogP contribution in [0.25, 0.3) is 0 Å². The van der Waals surface area contributed by atoms with E-state index in [0.717, 1.165) is 18.2 Å². The highest BCUT2D eigenvalue weighted by Gasteiger charge is 2.18. The van der Waals surface area contributed by atoms with Crippen LogP contribution in [0.2, 0.25) is 0 Å². The summed E-state index contributed by atoms with van der Waals surface area (Å²) in [5.41, 5.74) is 6.17. The summed E-state index contributed by atoms with van der Waals surface area (Å²) < 4.78 is 54.3. The van der Waals surface area contributed by atoms with E-state index in [-0.39, 0.29) is 17.1 Å². The van der Waals surface area contributed by atoms with E-state index in [2.05, 4.69) is 4.72 Å². The molecule has 1 aromatic carbocycles. The third kappa shape index (κ3) is 3.22. The lowest BCUT2D eigenvalue weighted by molar-refractivity contribution is 0.509. The smallest absolute Gasteiger partial charge is 0.263 e. The number of halogens is 2. The van der Waals surface area contributed by atoms with Crippen LogP contribution >= 0.6 is 0 Å². The molecule has 1 heterocycles. The van der Waals surface area contributed by atoms with Gasteiger partial charge in [-0.2, -0.15) is 0 Å². The van der Waals surface area contributed by atoms with E-state index < -0.39 is 21.7 Å². The van der Waals surface area contributed by atoms with E-state index >= 15 is 0 Å². The Hall–Kier alpha value is -1.93. The molecule has 2 aromatic rings. The highest BCUT2D eigenvalue weighted by atomic mass is 32.2. The Labute approximate surface area is 121 Å². The molecule has 5 nitrogen and oxygen atoms in total. The first kappa shape index (κ1) is 15.5. The van der Waals surface area contributed by atoms with Crippen molar-refractivity contribution < 1.29 is 17.2 Å². The van der Waals surface area contributed by atoms with Crippen LogP contribution in [0.1, 0.15) is 12.6 Å². The predicted molar refractivity (Wildman–Crippen MR) is 75.2 cm³/mol. The van der Waals surface area contributed by atoms with Crippen molar-refractivity contribution >= 4 is 15.7 Å². The van der Waals surface area contributed by atoms with Crippen LogP contribution in [-0.2, 0) is 23.1 Å². The zero-order valence-corrected chi connectivity index (χ0v) is 12.1. The molecule has 2 rings (SSSR count). The summed E-state index contributed by atoms with van der Waals surface area (Å²) in [4.78, 5) is 0.0227. The highest BCUT2D eigenvalue weighted by molar-refractivity contribution is 7.92. The predicted octanol–water partition coefficient (Wildman–Crippen LogP) is 2.05. The monoisotopic (exact) mass is 315 g/mol. The summed E-state index contributed by atoms with van der Waals surface area (Å²) in [7, 11) is -3.88. The van der Waals surface area contributed by atoms with Gasteiger partial charge in [0, 0.05) is 31.0 Å². The summed E-state index contributed by atoms with van der Waals surface area (Å²) in [6.07, 6.45) is 1.45. The van der Waals surface area contributed by atoms with Gasteiger partial charge in [0.15, 0.2) is 11.6 Å². The second-order valence-electron chi connectivity index (χ2n) is 4.39. The fraction of sp³-hybridized carbons (Fsp3) is 0.231. The molecule has 0 fully saturated rings. The standard InChI is InChI=1S/C13H15F2N3O2S/c1-2-18-8-11(6-10(18)7-16)21(19,20)17-9-3-4-12(14)13(15)5-9/h3-6,8,17H,2,7,16H2,1H3. The molecule has 0 bridgehead atoms. The maximum absolute atomic E-state index is 13.1. The van der Waals surface area contributed by atoms with Crippen LogP contribution in [0, 0.1) is 11.6 Å². The van der Waals surface area contributed by atoms with Gasteiger partial charge in [0.2, 0.25) is 0 Å². The quantitative estimate of drug-likeness (QED) is 0.886. The number of aromatic nitrogens is 1. The van der Waals surface area contributed by atoms with Crippen molar-refractivity contribution in [2.24, 2.45) is 5.73 Å². The number of benzene rings is 1. The zero-order chi connectivity index (χ0) is 15.6. The molecule has 0 aliphatic rings. The fourth-order valence-electron chi connectivity index (χ4n) is 1.91. The van der Waals surface area contributed by atoms with Crippen LogP contribution in [-0.4, -0.2) is 13.0 Å². The number of nitrogens with one attached hydrogen (secondary N) is 1. The fourth-order valence-corrected chi connectivity index (χ4v) is 3.02. The molecule has 1 aromatic heterocycles. The Morgan fingerprint density at radius 3 is 2.48 bits per heavy atom. The van der Waals surface area contributed by atoms with E-state index in [9.17, 15) is 17.2 Å². The highest BCUT2D eigenvalue weighted by Crippen LogP contribution is 2.20. The van der Waals surface area contributed by atoms with Gasteiger partial charge < -0.3 is 10.3 Å². The van der Waals surface area contributed by atoms with Crippen molar-refractivity contribution in [1.82, 2.24) is 4.57 Å². The minimum atomic E-state index is -3.88. The maximum atomic E-state index is 13.1. The molecule has 0 atom stereocenters. The third-order valence-corrected chi connectivity index (χ3v) is 4.34. The molecule has 0 amide bonds. The van der Waals surface area contributed by atoms with Gasteiger partial charge in [0.1, 0.15) is 4.90 Å². The summed E-state index contributed by atoms with van der Waals surface area (Å²) in [5, 5.41) is 0. The Kier molecular flexibility index (Phi) is 4.29. The Morgan fingerprint density at radius 1 is 1.24 bits per heavy atom. The number of anilines is 1. The molecule has 0 aliphatic carbocycles. The minimum Gasteiger partial charge on any atom is -0.349 e. The largest absolute Gasteiger partial charge is 0.349 e. The molecule has 0 aliphatic heterocycles. The number of sulfonamides is 1. The molecule has 21 heavy (non-hydrogen) atoms. The van der Waals surface area contributed by atoms with E-state index in [1.807, 2.05) is 6.92 Å². The number of aryl methyl sites for hydroxylation is 1. The summed E-state index contributed by atoms with van der Waals surface area (Å²) in [6, 6.07) is 4.24. The first-order chi connectivity index (χ1) is 9.87. The average Bonchev–Trinajstić information content (AvgIpc) is 2.86. The topological polar surface area (TPSA) is 77.1 Å². The van der Waals surface area contributed by atoms with Crippen LogP contribution in [0.15, 0.2) is 35.4 Å². The van der Waals surface area contributed by atoms with Crippen molar-refractivity contribution in [2.75, 3.05) is 4.72 Å². The summed E-state index contributed by atoms with van der Waals surface area (Å²) in [6.45, 7) is 2.64. The Bertz CT molecular complexity index is 735. The summed E-state index contributed by atoms with van der Waals surface area (Å²) >= 11 is 0. The Morgan fingerprint density at radius 2 is 1.95 bits per heavy atom. The van der Waals surface area contributed by atoms with Crippen molar-refractivity contribution in [3.63, 3.8) is 0 Å². The average molecular weight is 315 g/mol. The lowest BCUT2D eigenvalue weighted by Gasteiger charge is -2.06. The van der Waals surface area contributed by atoms with Crippen LogP contribution in [0.4, 0.5) is 14.5 Å². The minimum absolute atomic E-state index is 0.0227. The SMILES string of the molecule is CCn1cc(S(=O)(=O)Nc2ccc(F)c(F)c2)cc1CN. The zero-order valence-electron chi connectivity index (χ0n) is 11.3. The van der Waals surface area contributed by atoms with Gasteiger partial charge >= 0.3 is 0 Å². The van der Waals surface area contributed by atoms with Gasteiger partial charge in [-0.15, -0.1) is 0 Å². The van der Waals surface area contributed by atoms with E-state index in [1.54, 1.807) is 4.57 Å². The molecular formula is C13H15F2N3O2S. The van der Waals surface area contributed by atoms with Crippen molar-refractivity contribution in [1.29, 1.82) is 0 Å². The second kappa shape index (κ2) is 5.82. The summed E-state index contributed by atoms with van der Waals surface area (Å²) in [5.74, 6) is -2.16. The second-order valence-corrected chi connectivity index (χ2v) is 6.07. The molecule has 0 saturated heterocycles. The van der Waals surface area contributed by atoms with Gasteiger partial charge in [-0.25, -0.2) is 17.2 Å². The molecule has 3 N–H and O–H groups in total. The first-order valence-electron chi connectivity index (χ1n) is 6.24. The Balaban J connectivity index is 2.33. The molecule has 0 radical (unpaired) electrons. The number of nitrogens with zero attached hydrogens (tertiary/aromatic N) is 1. The van der Waals surface area contributed by atoms with Crippen molar-refractivity contribution in [2.45, 2.75) is 24.9 Å². The first-order valence-corrected chi connectivity index (χ1v) is 7.72. The van der Waals surface area contributed by atoms with Gasteiger partial charge in [-0.1, -0.05) is 0 Å². The van der Waals surface area contributed by atoms with E-state index in [4.69, 9.17) is 5.73 Å². The lowest BCUT2D eigenvalue weighted by Crippen LogP contribution is -2.12. The molecule has 0 spiro atoms. The number of nitrogens with two attached hydrogens (primary N) is 1. The van der Waals surface area contributed by atoms with Crippen LogP contribution in [0.3, 0.4) is 0 Å². The molecular weight excluding hydrogens is 300 g/mol.